The van der Waals surface area contributed by atoms with Crippen LogP contribution >= 0.6 is 35.6 Å². The minimum absolute atomic E-state index is 0. The van der Waals surface area contributed by atoms with Gasteiger partial charge >= 0.3 is 0 Å². The molecule has 0 aliphatic heterocycles. The van der Waals surface area contributed by atoms with Crippen LogP contribution in [0.5, 0.6) is 0 Å². The number of methoxy groups -OCH3 is 1. The summed E-state index contributed by atoms with van der Waals surface area (Å²) in [7, 11) is 1.71. The van der Waals surface area contributed by atoms with E-state index in [1.165, 1.54) is 0 Å². The summed E-state index contributed by atoms with van der Waals surface area (Å²) < 4.78 is 7.14. The topological polar surface area (TPSA) is 76.4 Å². The highest BCUT2D eigenvalue weighted by atomic mass is 127. The Balaban J connectivity index is 0.00000364. The number of nitrogens with one attached hydrogen (secondary N) is 2. The number of ether oxygens (including phenoxy) is 1. The molecule has 2 N–H and O–H groups in total. The first-order chi connectivity index (χ1) is 12.7. The number of aromatic nitrogens is 3. The van der Waals surface area contributed by atoms with Crippen molar-refractivity contribution in [2.75, 3.05) is 26.8 Å². The fourth-order valence-corrected chi connectivity index (χ4v) is 2.65. The summed E-state index contributed by atoms with van der Waals surface area (Å²) in [5.41, 5.74) is 1.07. The minimum Gasteiger partial charge on any atom is -0.385 e. The molecule has 0 amide bonds. The lowest BCUT2D eigenvalue weighted by atomic mass is 10.2. The Morgan fingerprint density at radius 2 is 2.11 bits per heavy atom. The Labute approximate surface area is 183 Å². The molecule has 9 heteroatoms. The van der Waals surface area contributed by atoms with E-state index >= 15 is 0 Å². The predicted molar refractivity (Wildman–Crippen MR) is 120 cm³/mol. The minimum atomic E-state index is 0. The van der Waals surface area contributed by atoms with Crippen LogP contribution in [0.4, 0.5) is 0 Å². The van der Waals surface area contributed by atoms with Crippen LogP contribution in [0.25, 0.3) is 0 Å². The molecule has 2 aromatic rings. The maximum absolute atomic E-state index is 6.04. The first-order valence-electron chi connectivity index (χ1n) is 8.85. The van der Waals surface area contributed by atoms with Crippen LogP contribution in [-0.2, 0) is 24.2 Å². The third-order valence-electron chi connectivity index (χ3n) is 3.78. The highest BCUT2D eigenvalue weighted by Crippen LogP contribution is 2.11. The van der Waals surface area contributed by atoms with E-state index in [4.69, 9.17) is 16.3 Å². The smallest absolute Gasteiger partial charge is 0.191 e. The molecule has 1 aromatic heterocycles. The molecule has 0 fully saturated rings. The Kier molecular flexibility index (Phi) is 12.0. The van der Waals surface area contributed by atoms with Crippen molar-refractivity contribution in [1.82, 2.24) is 25.4 Å². The summed E-state index contributed by atoms with van der Waals surface area (Å²) in [5.74, 6) is 1.75. The number of aliphatic imine (C=N–C) groups is 1. The fourth-order valence-electron chi connectivity index (χ4n) is 2.44. The van der Waals surface area contributed by atoms with Gasteiger partial charge in [0, 0.05) is 44.8 Å². The van der Waals surface area contributed by atoms with Crippen LogP contribution in [0.15, 0.2) is 35.6 Å². The van der Waals surface area contributed by atoms with E-state index in [0.717, 1.165) is 61.5 Å². The number of halogens is 2. The van der Waals surface area contributed by atoms with Crippen LogP contribution in [0, 0.1) is 0 Å². The molecular weight excluding hydrogens is 479 g/mol. The number of guanidine groups is 1. The number of aryl methyl sites for hydroxylation is 1. The molecule has 150 valence electrons. The summed E-state index contributed by atoms with van der Waals surface area (Å²) in [6.45, 7) is 5.66. The lowest BCUT2D eigenvalue weighted by Crippen LogP contribution is -2.39. The summed E-state index contributed by atoms with van der Waals surface area (Å²) >= 11 is 6.04. The van der Waals surface area contributed by atoms with Crippen molar-refractivity contribution >= 4 is 41.5 Å². The van der Waals surface area contributed by atoms with Crippen LogP contribution in [0.2, 0.25) is 5.02 Å². The quantitative estimate of drug-likeness (QED) is 0.224. The lowest BCUT2D eigenvalue weighted by molar-refractivity contribution is 0.195. The summed E-state index contributed by atoms with van der Waals surface area (Å²) in [6, 6.07) is 7.74. The van der Waals surface area contributed by atoms with Gasteiger partial charge in [0.2, 0.25) is 0 Å². The average Bonchev–Trinajstić information content (AvgIpc) is 3.10. The first kappa shape index (κ1) is 23.6. The zero-order valence-electron chi connectivity index (χ0n) is 15.8. The van der Waals surface area contributed by atoms with Crippen molar-refractivity contribution in [2.24, 2.45) is 4.99 Å². The highest BCUT2D eigenvalue weighted by Gasteiger charge is 2.03. The Morgan fingerprint density at radius 3 is 2.85 bits per heavy atom. The second kappa shape index (κ2) is 13.7. The lowest BCUT2D eigenvalue weighted by Gasteiger charge is -2.13. The largest absolute Gasteiger partial charge is 0.385 e. The third-order valence-corrected chi connectivity index (χ3v) is 4.02. The fraction of sp³-hybridized carbons (Fsp3) is 0.500. The number of rotatable bonds is 10. The molecule has 0 bridgehead atoms. The average molecular weight is 507 g/mol. The zero-order valence-corrected chi connectivity index (χ0v) is 18.9. The SMILES string of the molecule is CCc1nncn1CCNC(=NCc1cccc(Cl)c1)NCCCOC.I. The molecule has 0 aliphatic carbocycles. The van der Waals surface area contributed by atoms with Gasteiger partial charge in [-0.05, 0) is 24.1 Å². The van der Waals surface area contributed by atoms with Crippen LogP contribution in [0.3, 0.4) is 0 Å². The summed E-state index contributed by atoms with van der Waals surface area (Å²) in [5, 5.41) is 15.5. The molecular formula is C18H28ClIN6O. The van der Waals surface area contributed by atoms with Gasteiger partial charge in [-0.25, -0.2) is 4.99 Å². The van der Waals surface area contributed by atoms with Gasteiger partial charge in [0.05, 0.1) is 6.54 Å². The van der Waals surface area contributed by atoms with Gasteiger partial charge in [-0.15, -0.1) is 34.2 Å². The van der Waals surface area contributed by atoms with Gasteiger partial charge in [0.25, 0.3) is 0 Å². The summed E-state index contributed by atoms with van der Waals surface area (Å²) in [4.78, 5) is 4.65. The van der Waals surface area contributed by atoms with Gasteiger partial charge in [-0.2, -0.15) is 0 Å². The molecule has 0 saturated carbocycles. The van der Waals surface area contributed by atoms with E-state index in [1.807, 2.05) is 28.8 Å². The second-order valence-corrected chi connectivity index (χ2v) is 6.23. The van der Waals surface area contributed by atoms with Gasteiger partial charge in [-0.1, -0.05) is 30.7 Å². The second-order valence-electron chi connectivity index (χ2n) is 5.79. The first-order valence-corrected chi connectivity index (χ1v) is 9.23. The van der Waals surface area contributed by atoms with Crippen LogP contribution in [-0.4, -0.2) is 47.5 Å². The molecule has 1 aromatic carbocycles. The normalized spacial score (nSPS) is 11.1. The van der Waals surface area contributed by atoms with Crippen molar-refractivity contribution in [3.8, 4) is 0 Å². The molecule has 1 heterocycles. The molecule has 2 rings (SSSR count). The number of hydrogen-bond donors (Lipinski definition) is 2. The van der Waals surface area contributed by atoms with Crippen molar-refractivity contribution in [2.45, 2.75) is 32.9 Å². The van der Waals surface area contributed by atoms with Crippen molar-refractivity contribution < 1.29 is 4.74 Å². The van der Waals surface area contributed by atoms with Gasteiger partial charge in [-0.3, -0.25) is 0 Å². The van der Waals surface area contributed by atoms with Gasteiger partial charge in [0.15, 0.2) is 5.96 Å². The molecule has 0 atom stereocenters. The van der Waals surface area contributed by atoms with Crippen LogP contribution < -0.4 is 10.6 Å². The standard InChI is InChI=1S/C18H27ClN6O.HI/c1-3-17-24-23-14-25(17)10-9-21-18(20-8-5-11-26-2)22-13-15-6-4-7-16(19)12-15;/h4,6-7,12,14H,3,5,8-11,13H2,1-2H3,(H2,20,21,22);1H. The van der Waals surface area contributed by atoms with E-state index in [0.29, 0.717) is 6.54 Å². The maximum atomic E-state index is 6.04. The van der Waals surface area contributed by atoms with E-state index < -0.39 is 0 Å². The Hall–Kier alpha value is -1.39. The molecule has 0 unspecified atom stereocenters. The van der Waals surface area contributed by atoms with E-state index in [1.54, 1.807) is 13.4 Å². The zero-order chi connectivity index (χ0) is 18.6. The van der Waals surface area contributed by atoms with E-state index in [2.05, 4.69) is 32.7 Å². The van der Waals surface area contributed by atoms with Gasteiger partial charge < -0.3 is 19.9 Å². The Bertz CT molecular complexity index is 694. The highest BCUT2D eigenvalue weighted by molar-refractivity contribution is 14.0. The number of hydrogen-bond acceptors (Lipinski definition) is 4. The van der Waals surface area contributed by atoms with Crippen LogP contribution in [0.1, 0.15) is 24.7 Å². The van der Waals surface area contributed by atoms with Gasteiger partial charge in [0.1, 0.15) is 12.2 Å². The van der Waals surface area contributed by atoms with Crippen molar-refractivity contribution in [3.63, 3.8) is 0 Å². The monoisotopic (exact) mass is 506 g/mol. The number of nitrogens with zero attached hydrogens (tertiary/aromatic N) is 4. The summed E-state index contributed by atoms with van der Waals surface area (Å²) in [6.07, 6.45) is 3.54. The molecule has 0 radical (unpaired) electrons. The molecule has 0 saturated heterocycles. The van der Waals surface area contributed by atoms with E-state index in [-0.39, 0.29) is 24.0 Å². The molecule has 0 aliphatic rings. The molecule has 0 spiro atoms. The van der Waals surface area contributed by atoms with Crippen molar-refractivity contribution in [3.05, 3.63) is 47.0 Å². The maximum Gasteiger partial charge on any atom is 0.191 e. The third kappa shape index (κ3) is 8.89. The number of benzene rings is 1. The molecule has 7 nitrogen and oxygen atoms in total. The Morgan fingerprint density at radius 1 is 1.30 bits per heavy atom. The predicted octanol–water partition coefficient (Wildman–Crippen LogP) is 2.88. The van der Waals surface area contributed by atoms with E-state index in [9.17, 15) is 0 Å². The molecule has 27 heavy (non-hydrogen) atoms. The van der Waals surface area contributed by atoms with Crippen molar-refractivity contribution in [1.29, 1.82) is 0 Å².